The molecule has 1 aliphatic heterocycles. The van der Waals surface area contributed by atoms with Gasteiger partial charge >= 0.3 is 5.97 Å². The fourth-order valence-corrected chi connectivity index (χ4v) is 4.69. The number of esters is 1. The Labute approximate surface area is 108 Å². The van der Waals surface area contributed by atoms with Gasteiger partial charge in [0.15, 0.2) is 0 Å². The summed E-state index contributed by atoms with van der Waals surface area (Å²) in [5, 5.41) is 9.43. The molecule has 1 N–H and O–H groups in total. The molecule has 3 heteroatoms. The average molecular weight is 250 g/mol. The van der Waals surface area contributed by atoms with E-state index < -0.39 is 0 Å². The van der Waals surface area contributed by atoms with Crippen molar-refractivity contribution in [2.75, 3.05) is 13.2 Å². The monoisotopic (exact) mass is 250 g/mol. The van der Waals surface area contributed by atoms with Crippen molar-refractivity contribution in [3.05, 3.63) is 12.2 Å². The van der Waals surface area contributed by atoms with Crippen molar-refractivity contribution in [3.63, 3.8) is 0 Å². The van der Waals surface area contributed by atoms with Crippen molar-refractivity contribution in [2.24, 2.45) is 35.0 Å². The van der Waals surface area contributed by atoms with Crippen LogP contribution in [-0.2, 0) is 9.53 Å². The first-order valence-corrected chi connectivity index (χ1v) is 6.97. The number of carbonyl (C=O) groups is 1. The maximum absolute atomic E-state index is 12.1. The van der Waals surface area contributed by atoms with Crippen LogP contribution in [0, 0.1) is 35.0 Å². The van der Waals surface area contributed by atoms with E-state index in [1.54, 1.807) is 0 Å². The Hall–Kier alpha value is -0.830. The SMILES string of the molecule is C=C1[C@@H]2C(=O)OC[C@H]3[C@@H]2[C@@H](C(C)CO)CC[C@@]13C. The van der Waals surface area contributed by atoms with Crippen LogP contribution < -0.4 is 0 Å². The third-order valence-corrected chi connectivity index (χ3v) is 5.95. The summed E-state index contributed by atoms with van der Waals surface area (Å²) in [7, 11) is 0. The number of aliphatic hydroxyl groups excluding tert-OH is 1. The third-order valence-electron chi connectivity index (χ3n) is 5.95. The minimum atomic E-state index is -0.116. The molecular formula is C15H22O3. The maximum Gasteiger partial charge on any atom is 0.313 e. The van der Waals surface area contributed by atoms with Gasteiger partial charge in [0.25, 0.3) is 0 Å². The van der Waals surface area contributed by atoms with Gasteiger partial charge in [-0.15, -0.1) is 0 Å². The molecule has 2 aliphatic carbocycles. The predicted octanol–water partition coefficient (Wildman–Crippen LogP) is 2.01. The molecule has 0 aromatic rings. The Bertz CT molecular complexity index is 403. The third kappa shape index (κ3) is 1.31. The summed E-state index contributed by atoms with van der Waals surface area (Å²) in [5.74, 6) is 1.27. The van der Waals surface area contributed by atoms with Crippen molar-refractivity contribution >= 4 is 5.97 Å². The second kappa shape index (κ2) is 3.83. The number of cyclic esters (lactones) is 1. The molecule has 0 radical (unpaired) electrons. The molecule has 2 saturated carbocycles. The largest absolute Gasteiger partial charge is 0.465 e. The van der Waals surface area contributed by atoms with E-state index >= 15 is 0 Å². The molecule has 18 heavy (non-hydrogen) atoms. The van der Waals surface area contributed by atoms with Crippen LogP contribution in [0.4, 0.5) is 0 Å². The number of ether oxygens (including phenoxy) is 1. The highest BCUT2D eigenvalue weighted by atomic mass is 16.5. The van der Waals surface area contributed by atoms with Crippen LogP contribution in [0.25, 0.3) is 0 Å². The van der Waals surface area contributed by atoms with Gasteiger partial charge < -0.3 is 9.84 Å². The topological polar surface area (TPSA) is 46.5 Å². The number of hydrogen-bond donors (Lipinski definition) is 1. The summed E-state index contributed by atoms with van der Waals surface area (Å²) in [4.78, 5) is 12.1. The quantitative estimate of drug-likeness (QED) is 0.602. The van der Waals surface area contributed by atoms with E-state index in [1.165, 1.54) is 0 Å². The predicted molar refractivity (Wildman–Crippen MR) is 67.6 cm³/mol. The molecule has 4 bridgehead atoms. The Morgan fingerprint density at radius 2 is 2.33 bits per heavy atom. The number of carbonyl (C=O) groups excluding carboxylic acids is 1. The first-order valence-electron chi connectivity index (χ1n) is 6.97. The van der Waals surface area contributed by atoms with Gasteiger partial charge in [0, 0.05) is 12.5 Å². The Balaban J connectivity index is 2.02. The molecule has 100 valence electrons. The van der Waals surface area contributed by atoms with Crippen molar-refractivity contribution in [3.8, 4) is 0 Å². The van der Waals surface area contributed by atoms with E-state index in [0.717, 1.165) is 18.4 Å². The van der Waals surface area contributed by atoms with Gasteiger partial charge in [-0.05, 0) is 36.0 Å². The lowest BCUT2D eigenvalue weighted by molar-refractivity contribution is -0.162. The molecule has 1 heterocycles. The van der Waals surface area contributed by atoms with Crippen LogP contribution in [0.15, 0.2) is 12.2 Å². The molecule has 0 aromatic heterocycles. The van der Waals surface area contributed by atoms with Crippen molar-refractivity contribution in [1.82, 2.24) is 0 Å². The summed E-state index contributed by atoms with van der Waals surface area (Å²) >= 11 is 0. The fourth-order valence-electron chi connectivity index (χ4n) is 4.69. The zero-order chi connectivity index (χ0) is 13.1. The lowest BCUT2D eigenvalue weighted by atomic mass is 9.61. The van der Waals surface area contributed by atoms with E-state index in [4.69, 9.17) is 4.74 Å². The Morgan fingerprint density at radius 1 is 1.61 bits per heavy atom. The second-order valence-corrected chi connectivity index (χ2v) is 6.60. The van der Waals surface area contributed by atoms with Gasteiger partial charge in [-0.1, -0.05) is 26.0 Å². The van der Waals surface area contributed by atoms with Gasteiger partial charge in [-0.25, -0.2) is 0 Å². The molecule has 1 saturated heterocycles. The van der Waals surface area contributed by atoms with Crippen LogP contribution in [0.3, 0.4) is 0 Å². The average Bonchev–Trinajstić information content (AvgIpc) is 2.45. The molecular weight excluding hydrogens is 228 g/mol. The van der Waals surface area contributed by atoms with Crippen LogP contribution in [-0.4, -0.2) is 24.3 Å². The zero-order valence-electron chi connectivity index (χ0n) is 11.2. The van der Waals surface area contributed by atoms with Gasteiger partial charge in [-0.3, -0.25) is 4.79 Å². The van der Waals surface area contributed by atoms with Crippen molar-refractivity contribution in [2.45, 2.75) is 26.7 Å². The van der Waals surface area contributed by atoms with Crippen molar-refractivity contribution in [1.29, 1.82) is 0 Å². The Kier molecular flexibility index (Phi) is 2.60. The van der Waals surface area contributed by atoms with Crippen LogP contribution in [0.2, 0.25) is 0 Å². The number of rotatable bonds is 2. The van der Waals surface area contributed by atoms with Gasteiger partial charge in [0.05, 0.1) is 12.5 Å². The highest BCUT2D eigenvalue weighted by Crippen LogP contribution is 2.65. The van der Waals surface area contributed by atoms with E-state index in [-0.39, 0.29) is 29.8 Å². The maximum atomic E-state index is 12.1. The van der Waals surface area contributed by atoms with Gasteiger partial charge in [0.1, 0.15) is 0 Å². The second-order valence-electron chi connectivity index (χ2n) is 6.60. The lowest BCUT2D eigenvalue weighted by Gasteiger charge is -2.45. The molecule has 6 atom stereocenters. The van der Waals surface area contributed by atoms with E-state index in [0.29, 0.717) is 24.4 Å². The summed E-state index contributed by atoms with van der Waals surface area (Å²) < 4.78 is 5.34. The molecule has 0 spiro atoms. The molecule has 0 aromatic carbocycles. The zero-order valence-corrected chi connectivity index (χ0v) is 11.2. The molecule has 3 fully saturated rings. The lowest BCUT2D eigenvalue weighted by Crippen LogP contribution is -2.45. The van der Waals surface area contributed by atoms with Gasteiger partial charge in [0.2, 0.25) is 0 Å². The highest BCUT2D eigenvalue weighted by Gasteiger charge is 2.63. The summed E-state index contributed by atoms with van der Waals surface area (Å²) in [6.45, 7) is 9.31. The van der Waals surface area contributed by atoms with E-state index in [9.17, 15) is 9.90 Å². The standard InChI is InChI=1S/C15H22O3/c1-8(6-16)10-4-5-15(3)9(2)12-13(10)11(15)7-18-14(12)17/h8,10-13,16H,2,4-7H2,1,3H3/t8?,10-,11+,12+,13+,15+/m1/s1. The summed E-state index contributed by atoms with van der Waals surface area (Å²) in [6.07, 6.45) is 2.18. The fraction of sp³-hybridized carbons (Fsp3) is 0.800. The molecule has 0 amide bonds. The smallest absolute Gasteiger partial charge is 0.313 e. The molecule has 3 aliphatic rings. The normalized spacial score (nSPS) is 47.9. The van der Waals surface area contributed by atoms with Crippen LogP contribution >= 0.6 is 0 Å². The van der Waals surface area contributed by atoms with Crippen molar-refractivity contribution < 1.29 is 14.6 Å². The molecule has 3 rings (SSSR count). The minimum absolute atomic E-state index is 0.0766. The Morgan fingerprint density at radius 3 is 3.00 bits per heavy atom. The van der Waals surface area contributed by atoms with Gasteiger partial charge in [-0.2, -0.15) is 0 Å². The summed E-state index contributed by atoms with van der Waals surface area (Å²) in [5.41, 5.74) is 1.17. The number of aliphatic hydroxyl groups is 1. The minimum Gasteiger partial charge on any atom is -0.465 e. The molecule has 1 unspecified atom stereocenters. The number of hydrogen-bond acceptors (Lipinski definition) is 3. The first kappa shape index (κ1) is 12.2. The first-order chi connectivity index (χ1) is 8.50. The summed E-state index contributed by atoms with van der Waals surface area (Å²) in [6, 6.07) is 0. The highest BCUT2D eigenvalue weighted by molar-refractivity contribution is 5.79. The molecule has 3 nitrogen and oxygen atoms in total. The van der Waals surface area contributed by atoms with E-state index in [2.05, 4.69) is 20.4 Å². The van der Waals surface area contributed by atoms with Crippen LogP contribution in [0.1, 0.15) is 26.7 Å². The van der Waals surface area contributed by atoms with Crippen LogP contribution in [0.5, 0.6) is 0 Å². The van der Waals surface area contributed by atoms with E-state index in [1.807, 2.05) is 0 Å².